The molecule has 2 aromatic heterocycles. The third-order valence-corrected chi connectivity index (χ3v) is 3.77. The summed E-state index contributed by atoms with van der Waals surface area (Å²) in [6, 6.07) is 1.82. The van der Waals surface area contributed by atoms with Crippen LogP contribution >= 0.6 is 0 Å². The van der Waals surface area contributed by atoms with Crippen molar-refractivity contribution in [3.8, 4) is 0 Å². The predicted octanol–water partition coefficient (Wildman–Crippen LogP) is 2.06. The number of rotatable bonds is 2. The minimum atomic E-state index is -1.03. The Kier molecular flexibility index (Phi) is 2.85. The van der Waals surface area contributed by atoms with Gasteiger partial charge in [-0.3, -0.25) is 0 Å². The molecule has 0 aliphatic heterocycles. The molecule has 0 saturated heterocycles. The number of nitrogens with two attached hydrogens (primary N) is 1. The summed E-state index contributed by atoms with van der Waals surface area (Å²) in [6.07, 6.45) is 7.15. The van der Waals surface area contributed by atoms with Gasteiger partial charge in [-0.25, -0.2) is 9.78 Å². The maximum atomic E-state index is 11.1. The molecular formula is C13H16N4O2. The molecule has 1 saturated carbocycles. The molecule has 100 valence electrons. The fourth-order valence-electron chi connectivity index (χ4n) is 2.76. The SMILES string of the molecule is Nc1cc(C2CCCCC2)nc2c(C(=O)O)cnn12. The van der Waals surface area contributed by atoms with E-state index in [0.717, 1.165) is 18.5 Å². The molecule has 0 aromatic carbocycles. The van der Waals surface area contributed by atoms with Gasteiger partial charge in [0.1, 0.15) is 11.4 Å². The van der Waals surface area contributed by atoms with Crippen LogP contribution in [-0.4, -0.2) is 25.7 Å². The Hall–Kier alpha value is -2.11. The van der Waals surface area contributed by atoms with E-state index in [0.29, 0.717) is 17.4 Å². The molecule has 0 bridgehead atoms. The van der Waals surface area contributed by atoms with E-state index in [2.05, 4.69) is 10.1 Å². The number of aromatic carboxylic acids is 1. The van der Waals surface area contributed by atoms with Crippen molar-refractivity contribution in [2.45, 2.75) is 38.0 Å². The van der Waals surface area contributed by atoms with Crippen molar-refractivity contribution in [3.05, 3.63) is 23.5 Å². The number of nitrogen functional groups attached to an aromatic ring is 1. The topological polar surface area (TPSA) is 93.5 Å². The number of carboxylic acid groups (broad SMARTS) is 1. The van der Waals surface area contributed by atoms with Gasteiger partial charge in [-0.15, -0.1) is 0 Å². The molecule has 1 aliphatic rings. The van der Waals surface area contributed by atoms with E-state index in [-0.39, 0.29) is 5.56 Å². The summed E-state index contributed by atoms with van der Waals surface area (Å²) in [5, 5.41) is 13.1. The van der Waals surface area contributed by atoms with Crippen LogP contribution in [0.25, 0.3) is 5.65 Å². The zero-order valence-electron chi connectivity index (χ0n) is 10.5. The van der Waals surface area contributed by atoms with Crippen molar-refractivity contribution in [1.82, 2.24) is 14.6 Å². The Labute approximate surface area is 110 Å². The van der Waals surface area contributed by atoms with Gasteiger partial charge in [0.25, 0.3) is 0 Å². The van der Waals surface area contributed by atoms with Crippen LogP contribution in [0.1, 0.15) is 54.1 Å². The van der Waals surface area contributed by atoms with Crippen molar-refractivity contribution < 1.29 is 9.90 Å². The molecule has 0 spiro atoms. The summed E-state index contributed by atoms with van der Waals surface area (Å²) in [7, 11) is 0. The van der Waals surface area contributed by atoms with E-state index in [1.165, 1.54) is 30.0 Å². The normalized spacial score (nSPS) is 16.8. The molecule has 6 heteroatoms. The first-order valence-electron chi connectivity index (χ1n) is 6.54. The van der Waals surface area contributed by atoms with E-state index < -0.39 is 5.97 Å². The van der Waals surface area contributed by atoms with E-state index in [9.17, 15) is 4.79 Å². The summed E-state index contributed by atoms with van der Waals surface area (Å²) in [6.45, 7) is 0. The number of hydrogen-bond acceptors (Lipinski definition) is 4. The van der Waals surface area contributed by atoms with Gasteiger partial charge in [0.2, 0.25) is 0 Å². The zero-order valence-corrected chi connectivity index (χ0v) is 10.5. The lowest BCUT2D eigenvalue weighted by Crippen LogP contribution is -2.10. The summed E-state index contributed by atoms with van der Waals surface area (Å²) >= 11 is 0. The number of hydrogen-bond donors (Lipinski definition) is 2. The highest BCUT2D eigenvalue weighted by Crippen LogP contribution is 2.32. The van der Waals surface area contributed by atoms with Crippen LogP contribution in [0.5, 0.6) is 0 Å². The lowest BCUT2D eigenvalue weighted by molar-refractivity contribution is 0.0699. The minimum Gasteiger partial charge on any atom is -0.477 e. The first-order chi connectivity index (χ1) is 9.16. The second-order valence-electron chi connectivity index (χ2n) is 5.04. The smallest absolute Gasteiger partial charge is 0.341 e. The van der Waals surface area contributed by atoms with Gasteiger partial charge in [0.05, 0.1) is 6.20 Å². The average Bonchev–Trinajstić information content (AvgIpc) is 2.84. The van der Waals surface area contributed by atoms with E-state index >= 15 is 0 Å². The van der Waals surface area contributed by atoms with Crippen LogP contribution in [0.15, 0.2) is 12.3 Å². The average molecular weight is 260 g/mol. The van der Waals surface area contributed by atoms with Crippen LogP contribution in [0, 0.1) is 0 Å². The Balaban J connectivity index is 2.10. The van der Waals surface area contributed by atoms with Crippen LogP contribution < -0.4 is 5.73 Å². The maximum Gasteiger partial charge on any atom is 0.341 e. The van der Waals surface area contributed by atoms with Gasteiger partial charge < -0.3 is 10.8 Å². The van der Waals surface area contributed by atoms with Crippen molar-refractivity contribution in [2.75, 3.05) is 5.73 Å². The maximum absolute atomic E-state index is 11.1. The quantitative estimate of drug-likeness (QED) is 0.862. The van der Waals surface area contributed by atoms with Crippen molar-refractivity contribution in [3.63, 3.8) is 0 Å². The number of carbonyl (C=O) groups is 1. The molecule has 3 rings (SSSR count). The van der Waals surface area contributed by atoms with Crippen molar-refractivity contribution >= 4 is 17.4 Å². The van der Waals surface area contributed by atoms with Crippen LogP contribution in [0.2, 0.25) is 0 Å². The Morgan fingerprint density at radius 3 is 2.79 bits per heavy atom. The number of carboxylic acids is 1. The Bertz CT molecular complexity index is 629. The van der Waals surface area contributed by atoms with Crippen molar-refractivity contribution in [1.29, 1.82) is 0 Å². The fourth-order valence-corrected chi connectivity index (χ4v) is 2.76. The first-order valence-corrected chi connectivity index (χ1v) is 6.54. The summed E-state index contributed by atoms with van der Waals surface area (Å²) in [5.41, 5.74) is 7.28. The third kappa shape index (κ3) is 2.03. The highest BCUT2D eigenvalue weighted by molar-refractivity contribution is 5.94. The number of nitrogens with zero attached hydrogens (tertiary/aromatic N) is 3. The van der Waals surface area contributed by atoms with Gasteiger partial charge in [0, 0.05) is 17.7 Å². The van der Waals surface area contributed by atoms with Crippen LogP contribution in [-0.2, 0) is 0 Å². The summed E-state index contributed by atoms with van der Waals surface area (Å²) in [5.74, 6) is -0.196. The first kappa shape index (κ1) is 12.0. The molecule has 19 heavy (non-hydrogen) atoms. The van der Waals surface area contributed by atoms with Gasteiger partial charge in [0.15, 0.2) is 5.65 Å². The molecule has 1 aliphatic carbocycles. The largest absolute Gasteiger partial charge is 0.477 e. The zero-order chi connectivity index (χ0) is 13.4. The van der Waals surface area contributed by atoms with E-state index in [1.54, 1.807) is 0 Å². The lowest BCUT2D eigenvalue weighted by atomic mass is 9.87. The van der Waals surface area contributed by atoms with Crippen LogP contribution in [0.3, 0.4) is 0 Å². The third-order valence-electron chi connectivity index (χ3n) is 3.77. The Morgan fingerprint density at radius 1 is 1.37 bits per heavy atom. The predicted molar refractivity (Wildman–Crippen MR) is 70.2 cm³/mol. The molecule has 6 nitrogen and oxygen atoms in total. The minimum absolute atomic E-state index is 0.101. The molecular weight excluding hydrogens is 244 g/mol. The van der Waals surface area contributed by atoms with Gasteiger partial charge >= 0.3 is 5.97 Å². The highest BCUT2D eigenvalue weighted by Gasteiger charge is 2.21. The molecule has 0 atom stereocenters. The highest BCUT2D eigenvalue weighted by atomic mass is 16.4. The van der Waals surface area contributed by atoms with Crippen LogP contribution in [0.4, 0.5) is 5.82 Å². The van der Waals surface area contributed by atoms with Crippen molar-refractivity contribution in [2.24, 2.45) is 0 Å². The van der Waals surface area contributed by atoms with Gasteiger partial charge in [-0.05, 0) is 12.8 Å². The molecule has 3 N–H and O–H groups in total. The lowest BCUT2D eigenvalue weighted by Gasteiger charge is -2.21. The standard InChI is InChI=1S/C13H16N4O2/c14-11-6-10(8-4-2-1-3-5-8)16-12-9(13(18)19)7-15-17(11)12/h6-8H,1-5,14H2,(H,18,19). The fraction of sp³-hybridized carbons (Fsp3) is 0.462. The summed E-state index contributed by atoms with van der Waals surface area (Å²) < 4.78 is 1.38. The molecule has 0 amide bonds. The van der Waals surface area contributed by atoms with E-state index in [1.807, 2.05) is 6.07 Å². The van der Waals surface area contributed by atoms with E-state index in [4.69, 9.17) is 10.8 Å². The second-order valence-corrected chi connectivity index (χ2v) is 5.04. The molecule has 1 fully saturated rings. The molecule has 2 heterocycles. The number of anilines is 1. The van der Waals surface area contributed by atoms with Gasteiger partial charge in [-0.1, -0.05) is 19.3 Å². The Morgan fingerprint density at radius 2 is 2.11 bits per heavy atom. The number of aromatic nitrogens is 3. The second kappa shape index (κ2) is 4.53. The molecule has 0 unspecified atom stereocenters. The monoisotopic (exact) mass is 260 g/mol. The number of fused-ring (bicyclic) bond motifs is 1. The molecule has 0 radical (unpaired) electrons. The summed E-state index contributed by atoms with van der Waals surface area (Å²) in [4.78, 5) is 15.6. The molecule has 2 aromatic rings. The van der Waals surface area contributed by atoms with Gasteiger partial charge in [-0.2, -0.15) is 9.61 Å².